The highest BCUT2D eigenvalue weighted by Crippen LogP contribution is 2.33. The van der Waals surface area contributed by atoms with Gasteiger partial charge in [-0.15, -0.1) is 0 Å². The van der Waals surface area contributed by atoms with Crippen LogP contribution in [0.1, 0.15) is 0 Å². The van der Waals surface area contributed by atoms with Crippen molar-refractivity contribution >= 4 is 34.1 Å². The number of hydrogen-bond acceptors (Lipinski definition) is 10. The summed E-state index contributed by atoms with van der Waals surface area (Å²) < 4.78 is 0. The van der Waals surface area contributed by atoms with Gasteiger partial charge in [-0.25, -0.2) is 0 Å². The second-order valence-corrected chi connectivity index (χ2v) is 6.22. The van der Waals surface area contributed by atoms with E-state index in [1.807, 2.05) is 0 Å². The van der Waals surface area contributed by atoms with Crippen LogP contribution in [0.5, 0.6) is 0 Å². The summed E-state index contributed by atoms with van der Waals surface area (Å²) in [6, 6.07) is 6.51. The Morgan fingerprint density at radius 3 is 1.23 bits per heavy atom. The molecular formula is C16H16N6O8. The van der Waals surface area contributed by atoms with E-state index in [2.05, 4.69) is 0 Å². The fourth-order valence-corrected chi connectivity index (χ4v) is 2.73. The molecule has 158 valence electrons. The van der Waals surface area contributed by atoms with Crippen LogP contribution in [0, 0.1) is 40.5 Å². The molecule has 30 heavy (non-hydrogen) atoms. The van der Waals surface area contributed by atoms with E-state index >= 15 is 0 Å². The van der Waals surface area contributed by atoms with Gasteiger partial charge in [-0.1, -0.05) is 0 Å². The van der Waals surface area contributed by atoms with Gasteiger partial charge in [-0.2, -0.15) is 0 Å². The summed E-state index contributed by atoms with van der Waals surface area (Å²) in [5, 5.41) is 44.3. The fraction of sp³-hybridized carbons (Fsp3) is 0.250. The molecule has 0 heterocycles. The van der Waals surface area contributed by atoms with E-state index in [0.717, 1.165) is 24.3 Å². The summed E-state index contributed by atoms with van der Waals surface area (Å²) in [6.45, 7) is 0.340. The number of hydrogen-bond donors (Lipinski definition) is 0. The minimum absolute atomic E-state index is 0.136. The van der Waals surface area contributed by atoms with Crippen LogP contribution in [0.4, 0.5) is 34.1 Å². The molecule has 0 spiro atoms. The summed E-state index contributed by atoms with van der Waals surface area (Å²) in [7, 11) is 3.07. The average molecular weight is 420 g/mol. The third-order valence-corrected chi connectivity index (χ3v) is 4.33. The maximum atomic E-state index is 11.3. The number of benzene rings is 2. The largest absolute Gasteiger partial charge is 0.367 e. The zero-order valence-electron chi connectivity index (χ0n) is 15.8. The molecule has 0 aliphatic carbocycles. The molecule has 0 aliphatic heterocycles. The van der Waals surface area contributed by atoms with E-state index in [1.54, 1.807) is 0 Å². The minimum Gasteiger partial charge on any atom is -0.367 e. The van der Waals surface area contributed by atoms with E-state index in [4.69, 9.17) is 0 Å². The lowest BCUT2D eigenvalue weighted by Gasteiger charge is -2.24. The van der Waals surface area contributed by atoms with Crippen LogP contribution in [-0.2, 0) is 0 Å². The summed E-state index contributed by atoms with van der Waals surface area (Å²) in [4.78, 5) is 44.3. The maximum Gasteiger partial charge on any atom is 0.299 e. The molecule has 0 unspecified atom stereocenters. The lowest BCUT2D eigenvalue weighted by atomic mass is 10.2. The van der Waals surface area contributed by atoms with Crippen LogP contribution >= 0.6 is 0 Å². The van der Waals surface area contributed by atoms with Crippen LogP contribution in [0.15, 0.2) is 36.4 Å². The van der Waals surface area contributed by atoms with Crippen molar-refractivity contribution < 1.29 is 19.7 Å². The van der Waals surface area contributed by atoms with Crippen LogP contribution in [0.3, 0.4) is 0 Å². The van der Waals surface area contributed by atoms with Crippen molar-refractivity contribution in [1.29, 1.82) is 0 Å². The topological polar surface area (TPSA) is 179 Å². The molecule has 0 N–H and O–H groups in total. The van der Waals surface area contributed by atoms with Crippen molar-refractivity contribution in [2.75, 3.05) is 37.0 Å². The predicted octanol–water partition coefficient (Wildman–Crippen LogP) is 2.89. The first-order valence-electron chi connectivity index (χ1n) is 8.31. The molecule has 0 saturated carbocycles. The highest BCUT2D eigenvalue weighted by Gasteiger charge is 2.24. The Labute approximate surface area is 168 Å². The van der Waals surface area contributed by atoms with Crippen LogP contribution in [0.25, 0.3) is 0 Å². The van der Waals surface area contributed by atoms with Crippen molar-refractivity contribution in [3.63, 3.8) is 0 Å². The van der Waals surface area contributed by atoms with Gasteiger partial charge in [0.25, 0.3) is 22.7 Å². The molecular weight excluding hydrogens is 404 g/mol. The van der Waals surface area contributed by atoms with Gasteiger partial charge in [0.1, 0.15) is 11.4 Å². The molecule has 0 atom stereocenters. The Balaban J connectivity index is 2.23. The van der Waals surface area contributed by atoms with Gasteiger partial charge in [0.15, 0.2) is 0 Å². The van der Waals surface area contributed by atoms with Crippen LogP contribution in [0.2, 0.25) is 0 Å². The smallest absolute Gasteiger partial charge is 0.299 e. The Kier molecular flexibility index (Phi) is 6.41. The molecule has 0 amide bonds. The number of rotatable bonds is 9. The van der Waals surface area contributed by atoms with E-state index in [0.29, 0.717) is 0 Å². The number of nitro groups is 4. The number of nitro benzene ring substituents is 4. The molecule has 2 rings (SSSR count). The van der Waals surface area contributed by atoms with Crippen LogP contribution in [-0.4, -0.2) is 46.9 Å². The predicted molar refractivity (Wildman–Crippen MR) is 106 cm³/mol. The summed E-state index contributed by atoms with van der Waals surface area (Å²) in [5.41, 5.74) is -1.46. The Hall–Kier alpha value is -4.36. The molecule has 0 bridgehead atoms. The number of likely N-dealkylation sites (N-methyl/N-ethyl adjacent to an activating group) is 2. The molecule has 0 fully saturated rings. The average Bonchev–Trinajstić information content (AvgIpc) is 2.70. The maximum absolute atomic E-state index is 11.3. The molecule has 14 heteroatoms. The number of anilines is 2. The summed E-state index contributed by atoms with van der Waals surface area (Å²) >= 11 is 0. The van der Waals surface area contributed by atoms with Gasteiger partial charge in [0.2, 0.25) is 0 Å². The Bertz CT molecular complexity index is 945. The van der Waals surface area contributed by atoms with Gasteiger partial charge in [-0.05, 0) is 12.1 Å². The highest BCUT2D eigenvalue weighted by atomic mass is 16.6. The lowest BCUT2D eigenvalue weighted by molar-refractivity contribution is -0.394. The Morgan fingerprint density at radius 1 is 0.633 bits per heavy atom. The van der Waals surface area contributed by atoms with Gasteiger partial charge in [0.05, 0.1) is 31.8 Å². The normalized spacial score (nSPS) is 10.3. The van der Waals surface area contributed by atoms with E-state index in [1.165, 1.54) is 36.0 Å². The number of nitrogens with zero attached hydrogens (tertiary/aromatic N) is 6. The monoisotopic (exact) mass is 420 g/mol. The quantitative estimate of drug-likeness (QED) is 0.432. The lowest BCUT2D eigenvalue weighted by Crippen LogP contribution is -2.31. The van der Waals surface area contributed by atoms with E-state index in [-0.39, 0.29) is 24.5 Å². The molecule has 0 aromatic heterocycles. The Morgan fingerprint density at radius 2 is 0.967 bits per heavy atom. The molecule has 0 saturated heterocycles. The first-order chi connectivity index (χ1) is 14.0. The van der Waals surface area contributed by atoms with Crippen molar-refractivity contribution in [3.05, 3.63) is 76.9 Å². The van der Waals surface area contributed by atoms with Gasteiger partial charge >= 0.3 is 0 Å². The fourth-order valence-electron chi connectivity index (χ4n) is 2.73. The van der Waals surface area contributed by atoms with E-state index in [9.17, 15) is 40.5 Å². The molecule has 0 aliphatic rings. The zero-order valence-corrected chi connectivity index (χ0v) is 15.8. The SMILES string of the molecule is CN(CCN(C)c1ccc([N+](=O)[O-])cc1[N+](=O)[O-])c1ccc([N+](=O)[O-])cc1[N+](=O)[O-]. The summed E-state index contributed by atoms with van der Waals surface area (Å²) in [6.07, 6.45) is 0. The second-order valence-electron chi connectivity index (χ2n) is 6.22. The zero-order chi connectivity index (χ0) is 22.6. The summed E-state index contributed by atoms with van der Waals surface area (Å²) in [5.74, 6) is 0. The molecule has 0 radical (unpaired) electrons. The van der Waals surface area contributed by atoms with Gasteiger partial charge in [0, 0.05) is 39.3 Å². The molecule has 14 nitrogen and oxygen atoms in total. The minimum atomic E-state index is -0.738. The van der Waals surface area contributed by atoms with Crippen molar-refractivity contribution in [2.24, 2.45) is 0 Å². The van der Waals surface area contributed by atoms with Crippen molar-refractivity contribution in [2.45, 2.75) is 0 Å². The van der Waals surface area contributed by atoms with Crippen LogP contribution < -0.4 is 9.80 Å². The first-order valence-corrected chi connectivity index (χ1v) is 8.31. The third kappa shape index (κ3) is 4.73. The number of non-ortho nitro benzene ring substituents is 2. The van der Waals surface area contributed by atoms with Crippen molar-refractivity contribution in [3.8, 4) is 0 Å². The van der Waals surface area contributed by atoms with Gasteiger partial charge in [-0.3, -0.25) is 40.5 Å². The van der Waals surface area contributed by atoms with Crippen molar-refractivity contribution in [1.82, 2.24) is 0 Å². The molecule has 2 aromatic carbocycles. The highest BCUT2D eigenvalue weighted by molar-refractivity contribution is 5.68. The molecule has 2 aromatic rings. The second kappa shape index (κ2) is 8.76. The van der Waals surface area contributed by atoms with E-state index < -0.39 is 42.4 Å². The third-order valence-electron chi connectivity index (χ3n) is 4.33. The standard InChI is InChI=1S/C16H16N6O8/c1-17(13-5-3-11(19(23)24)9-15(13)21(27)28)7-8-18(2)14-6-4-12(20(25)26)10-16(14)22(29)30/h3-6,9-10H,7-8H2,1-2H3. The first kappa shape index (κ1) is 21.9. The van der Waals surface area contributed by atoms with Gasteiger partial charge < -0.3 is 9.80 Å².